The summed E-state index contributed by atoms with van der Waals surface area (Å²) in [6.07, 6.45) is 1.99. The number of oxime groups is 1. The number of hydrogen-bond acceptors (Lipinski definition) is 2. The van der Waals surface area contributed by atoms with E-state index in [0.29, 0.717) is 6.42 Å². The van der Waals surface area contributed by atoms with Crippen molar-refractivity contribution in [3.05, 3.63) is 12.7 Å². The van der Waals surface area contributed by atoms with Gasteiger partial charge in [0.2, 0.25) is 0 Å². The first-order valence-electron chi connectivity index (χ1n) is 1.78. The molecule has 0 radical (unpaired) electrons. The van der Waals surface area contributed by atoms with Gasteiger partial charge in [-0.05, 0) is 0 Å². The van der Waals surface area contributed by atoms with E-state index in [1.165, 1.54) is 0 Å². The van der Waals surface area contributed by atoms with Crippen molar-refractivity contribution >= 4 is 16.8 Å². The maximum Gasteiger partial charge on any atom is 0.149 e. The van der Waals surface area contributed by atoms with Crippen molar-refractivity contribution in [2.45, 2.75) is 6.42 Å². The zero-order valence-corrected chi connectivity index (χ0v) is 4.52. The Bertz CT molecular complexity index is 89.7. The molecule has 0 aliphatic heterocycles. The quantitative estimate of drug-likeness (QED) is 0.255. The smallest absolute Gasteiger partial charge is 0.149 e. The van der Waals surface area contributed by atoms with Gasteiger partial charge in [0, 0.05) is 6.42 Å². The van der Waals surface area contributed by atoms with Crippen LogP contribution in [0.5, 0.6) is 0 Å². The van der Waals surface area contributed by atoms with E-state index in [0.717, 1.165) is 0 Å². The number of nitrogens with zero attached hydrogens (tertiary/aromatic N) is 1. The van der Waals surface area contributed by atoms with Crippen LogP contribution >= 0.6 is 11.6 Å². The monoisotopic (exact) mass is 119 g/mol. The summed E-state index contributed by atoms with van der Waals surface area (Å²) in [5.74, 6) is 0. The lowest BCUT2D eigenvalue weighted by Crippen LogP contribution is -1.80. The predicted octanol–water partition coefficient (Wildman–Crippen LogP) is 1.59. The fourth-order valence-corrected chi connectivity index (χ4v) is 0.269. The van der Waals surface area contributed by atoms with Gasteiger partial charge in [-0.15, -0.1) is 6.58 Å². The van der Waals surface area contributed by atoms with E-state index in [-0.39, 0.29) is 5.17 Å². The second-order valence-electron chi connectivity index (χ2n) is 0.969. The molecule has 0 amide bonds. The van der Waals surface area contributed by atoms with Gasteiger partial charge in [-0.3, -0.25) is 0 Å². The van der Waals surface area contributed by atoms with Crippen LogP contribution in [0.1, 0.15) is 6.42 Å². The topological polar surface area (TPSA) is 32.6 Å². The summed E-state index contributed by atoms with van der Waals surface area (Å²) >= 11 is 5.19. The second-order valence-corrected chi connectivity index (χ2v) is 1.41. The molecule has 0 aliphatic carbocycles. The van der Waals surface area contributed by atoms with E-state index in [1.54, 1.807) is 6.08 Å². The van der Waals surface area contributed by atoms with Gasteiger partial charge in [-0.2, -0.15) is 0 Å². The molecule has 40 valence electrons. The zero-order valence-electron chi connectivity index (χ0n) is 3.76. The number of rotatable bonds is 2. The molecule has 0 saturated carbocycles. The Kier molecular flexibility index (Phi) is 3.42. The maximum absolute atomic E-state index is 7.87. The Morgan fingerprint density at radius 2 is 2.57 bits per heavy atom. The van der Waals surface area contributed by atoms with Crippen LogP contribution in [0.4, 0.5) is 0 Å². The summed E-state index contributed by atoms with van der Waals surface area (Å²) in [7, 11) is 0. The normalized spacial score (nSPS) is 11.3. The molecule has 0 atom stereocenters. The zero-order chi connectivity index (χ0) is 5.70. The van der Waals surface area contributed by atoms with Crippen LogP contribution in [0.2, 0.25) is 0 Å². The molecule has 0 fully saturated rings. The van der Waals surface area contributed by atoms with Crippen LogP contribution < -0.4 is 0 Å². The molecule has 0 aromatic carbocycles. The molecule has 7 heavy (non-hydrogen) atoms. The Morgan fingerprint density at radius 3 is 2.71 bits per heavy atom. The highest BCUT2D eigenvalue weighted by Gasteiger charge is 1.84. The van der Waals surface area contributed by atoms with E-state index in [2.05, 4.69) is 11.7 Å². The van der Waals surface area contributed by atoms with Crippen molar-refractivity contribution in [3.8, 4) is 0 Å². The first-order chi connectivity index (χ1) is 3.31. The third-order valence-corrected chi connectivity index (χ3v) is 0.651. The van der Waals surface area contributed by atoms with Crippen molar-refractivity contribution in [1.82, 2.24) is 0 Å². The van der Waals surface area contributed by atoms with Gasteiger partial charge in [-0.1, -0.05) is 22.8 Å². The van der Waals surface area contributed by atoms with E-state index in [4.69, 9.17) is 16.8 Å². The molecule has 1 N–H and O–H groups in total. The molecule has 0 rings (SSSR count). The Balaban J connectivity index is 3.36. The summed E-state index contributed by atoms with van der Waals surface area (Å²) in [4.78, 5) is 0. The van der Waals surface area contributed by atoms with Gasteiger partial charge >= 0.3 is 0 Å². The average molecular weight is 120 g/mol. The molecule has 0 aliphatic rings. The van der Waals surface area contributed by atoms with Crippen molar-refractivity contribution in [3.63, 3.8) is 0 Å². The van der Waals surface area contributed by atoms with E-state index in [1.807, 2.05) is 0 Å². The van der Waals surface area contributed by atoms with Crippen molar-refractivity contribution < 1.29 is 5.21 Å². The lowest BCUT2D eigenvalue weighted by Gasteiger charge is -1.81. The summed E-state index contributed by atoms with van der Waals surface area (Å²) in [6.45, 7) is 3.37. The standard InChI is InChI=1S/C4H6ClNO/c1-2-3-4(5)6-7/h2,7H,1,3H2/b6-4-. The minimum atomic E-state index is 0.162. The molecular weight excluding hydrogens is 114 g/mol. The predicted molar refractivity (Wildman–Crippen MR) is 29.9 cm³/mol. The Labute approximate surface area is 47.1 Å². The van der Waals surface area contributed by atoms with Gasteiger partial charge in [0.15, 0.2) is 0 Å². The molecule has 0 saturated heterocycles. The van der Waals surface area contributed by atoms with E-state index in [9.17, 15) is 0 Å². The highest BCUT2D eigenvalue weighted by Crippen LogP contribution is 1.90. The Morgan fingerprint density at radius 1 is 2.00 bits per heavy atom. The second kappa shape index (κ2) is 3.68. The highest BCUT2D eigenvalue weighted by molar-refractivity contribution is 6.65. The first-order valence-corrected chi connectivity index (χ1v) is 2.16. The lowest BCUT2D eigenvalue weighted by molar-refractivity contribution is 0.320. The van der Waals surface area contributed by atoms with Crippen LogP contribution in [-0.4, -0.2) is 10.4 Å². The van der Waals surface area contributed by atoms with Crippen LogP contribution in [0.25, 0.3) is 0 Å². The SMILES string of the molecule is C=CC/C(Cl)=N/O. The molecule has 0 aromatic rings. The number of halogens is 1. The Hall–Kier alpha value is -0.500. The average Bonchev–Trinajstić information content (AvgIpc) is 1.68. The molecule has 0 unspecified atom stereocenters. The molecule has 0 aromatic heterocycles. The van der Waals surface area contributed by atoms with Gasteiger partial charge < -0.3 is 5.21 Å². The van der Waals surface area contributed by atoms with Crippen LogP contribution in [-0.2, 0) is 0 Å². The maximum atomic E-state index is 7.87. The van der Waals surface area contributed by atoms with Gasteiger partial charge in [0.1, 0.15) is 5.17 Å². The van der Waals surface area contributed by atoms with Crippen molar-refractivity contribution in [2.24, 2.45) is 5.16 Å². The van der Waals surface area contributed by atoms with Crippen molar-refractivity contribution in [1.29, 1.82) is 0 Å². The fraction of sp³-hybridized carbons (Fsp3) is 0.250. The fourth-order valence-electron chi connectivity index (χ4n) is 0.160. The van der Waals surface area contributed by atoms with Crippen LogP contribution in [0.3, 0.4) is 0 Å². The summed E-state index contributed by atoms with van der Waals surface area (Å²) < 4.78 is 0. The summed E-state index contributed by atoms with van der Waals surface area (Å²) in [6, 6.07) is 0. The molecule has 0 spiro atoms. The molecule has 3 heteroatoms. The third kappa shape index (κ3) is 3.33. The summed E-state index contributed by atoms with van der Waals surface area (Å²) in [5, 5.41) is 10.7. The molecule has 0 bridgehead atoms. The molecule has 2 nitrogen and oxygen atoms in total. The largest absolute Gasteiger partial charge is 0.410 e. The third-order valence-electron chi connectivity index (χ3n) is 0.421. The van der Waals surface area contributed by atoms with Crippen molar-refractivity contribution in [2.75, 3.05) is 0 Å². The molecule has 0 heterocycles. The van der Waals surface area contributed by atoms with Gasteiger partial charge in [-0.25, -0.2) is 0 Å². The minimum Gasteiger partial charge on any atom is -0.410 e. The van der Waals surface area contributed by atoms with Crippen LogP contribution in [0.15, 0.2) is 17.8 Å². The highest BCUT2D eigenvalue weighted by atomic mass is 35.5. The minimum absolute atomic E-state index is 0.162. The number of allylic oxidation sites excluding steroid dienone is 1. The summed E-state index contributed by atoms with van der Waals surface area (Å²) in [5.41, 5.74) is 0. The van der Waals surface area contributed by atoms with Gasteiger partial charge in [0.25, 0.3) is 0 Å². The van der Waals surface area contributed by atoms with Crippen LogP contribution in [0, 0.1) is 0 Å². The van der Waals surface area contributed by atoms with E-state index >= 15 is 0 Å². The lowest BCUT2D eigenvalue weighted by atomic mass is 10.5. The van der Waals surface area contributed by atoms with Gasteiger partial charge in [0.05, 0.1) is 0 Å². The first kappa shape index (κ1) is 6.50. The van der Waals surface area contributed by atoms with E-state index < -0.39 is 0 Å². The molecular formula is C4H6ClNO. The number of hydrogen-bond donors (Lipinski definition) is 1.